The van der Waals surface area contributed by atoms with Gasteiger partial charge in [0.2, 0.25) is 15.9 Å². The molecule has 0 fully saturated rings. The van der Waals surface area contributed by atoms with Crippen molar-refractivity contribution in [3.63, 3.8) is 0 Å². The van der Waals surface area contributed by atoms with Crippen LogP contribution in [0, 0.1) is 5.82 Å². The van der Waals surface area contributed by atoms with Gasteiger partial charge in [-0.1, -0.05) is 23.7 Å². The van der Waals surface area contributed by atoms with Crippen molar-refractivity contribution in [1.82, 2.24) is 5.32 Å². The highest BCUT2D eigenvalue weighted by Crippen LogP contribution is 2.24. The third-order valence-electron chi connectivity index (χ3n) is 3.74. The first-order valence-corrected chi connectivity index (χ1v) is 10.8. The summed E-state index contributed by atoms with van der Waals surface area (Å²) < 4.78 is 38.5. The van der Waals surface area contributed by atoms with Gasteiger partial charge in [-0.05, 0) is 44.2 Å². The van der Waals surface area contributed by atoms with Crippen molar-refractivity contribution < 1.29 is 22.4 Å². The van der Waals surface area contributed by atoms with E-state index in [9.17, 15) is 22.4 Å². The van der Waals surface area contributed by atoms with E-state index in [2.05, 4.69) is 10.6 Å². The Kier molecular flexibility index (Phi) is 7.21. The molecule has 0 unspecified atom stereocenters. The number of hydrogen-bond acceptors (Lipinski definition) is 4. The minimum atomic E-state index is -3.87. The van der Waals surface area contributed by atoms with E-state index in [-0.39, 0.29) is 33.9 Å². The van der Waals surface area contributed by atoms with Gasteiger partial charge in [-0.25, -0.2) is 12.8 Å². The molecule has 2 amide bonds. The Labute approximate surface area is 173 Å². The summed E-state index contributed by atoms with van der Waals surface area (Å²) >= 11 is 5.73. The number of anilines is 2. The molecule has 0 radical (unpaired) electrons. The lowest BCUT2D eigenvalue weighted by Gasteiger charge is -2.22. The van der Waals surface area contributed by atoms with Crippen molar-refractivity contribution >= 4 is 44.8 Å². The summed E-state index contributed by atoms with van der Waals surface area (Å²) in [5.41, 5.74) is 0.520. The fraction of sp³-hybridized carbons (Fsp3) is 0.263. The molecular formula is C19H21ClFN3O4S. The number of nitrogens with zero attached hydrogens (tertiary/aromatic N) is 1. The normalized spacial score (nSPS) is 11.2. The van der Waals surface area contributed by atoms with E-state index in [4.69, 9.17) is 11.6 Å². The van der Waals surface area contributed by atoms with Crippen molar-refractivity contribution in [2.45, 2.75) is 19.9 Å². The van der Waals surface area contributed by atoms with Crippen LogP contribution in [-0.4, -0.2) is 39.1 Å². The molecule has 0 spiro atoms. The first-order valence-electron chi connectivity index (χ1n) is 8.61. The monoisotopic (exact) mass is 441 g/mol. The smallest absolute Gasteiger partial charge is 0.253 e. The van der Waals surface area contributed by atoms with E-state index in [0.29, 0.717) is 0 Å². The second-order valence-corrected chi connectivity index (χ2v) is 8.90. The zero-order valence-electron chi connectivity index (χ0n) is 16.1. The van der Waals surface area contributed by atoms with Gasteiger partial charge in [0.25, 0.3) is 5.91 Å². The van der Waals surface area contributed by atoms with Crippen LogP contribution in [0.15, 0.2) is 42.5 Å². The van der Waals surface area contributed by atoms with Crippen LogP contribution in [0.25, 0.3) is 0 Å². The number of para-hydroxylation sites is 1. The van der Waals surface area contributed by atoms with E-state index in [1.54, 1.807) is 32.0 Å². The molecule has 0 atom stereocenters. The summed E-state index contributed by atoms with van der Waals surface area (Å²) in [4.78, 5) is 24.8. The Morgan fingerprint density at radius 3 is 2.41 bits per heavy atom. The second kappa shape index (κ2) is 9.23. The number of rotatable bonds is 7. The first-order chi connectivity index (χ1) is 13.5. The van der Waals surface area contributed by atoms with E-state index >= 15 is 0 Å². The lowest BCUT2D eigenvalue weighted by atomic mass is 10.1. The third kappa shape index (κ3) is 6.16. The maximum absolute atomic E-state index is 13.4. The SMILES string of the molecule is CC(C)NC(=O)c1ccccc1NC(=O)CN(c1ccc(F)c(Cl)c1)S(C)(=O)=O. The molecule has 2 rings (SSSR count). The quantitative estimate of drug-likeness (QED) is 0.690. The Morgan fingerprint density at radius 2 is 1.83 bits per heavy atom. The van der Waals surface area contributed by atoms with E-state index in [1.807, 2.05) is 0 Å². The molecule has 0 saturated heterocycles. The topological polar surface area (TPSA) is 95.6 Å². The van der Waals surface area contributed by atoms with Crippen LogP contribution >= 0.6 is 11.6 Å². The molecule has 2 aromatic carbocycles. The highest BCUT2D eigenvalue weighted by Gasteiger charge is 2.23. The molecule has 0 aliphatic heterocycles. The molecule has 0 aliphatic rings. The number of amides is 2. The summed E-state index contributed by atoms with van der Waals surface area (Å²) in [7, 11) is -3.87. The Hall–Kier alpha value is -2.65. The Balaban J connectivity index is 2.26. The fourth-order valence-electron chi connectivity index (χ4n) is 2.49. The molecule has 156 valence electrons. The van der Waals surface area contributed by atoms with Gasteiger partial charge in [0.1, 0.15) is 12.4 Å². The molecule has 0 heterocycles. The van der Waals surface area contributed by atoms with Gasteiger partial charge in [0, 0.05) is 6.04 Å². The summed E-state index contributed by atoms with van der Waals surface area (Å²) in [6.07, 6.45) is 0.918. The zero-order chi connectivity index (χ0) is 21.8. The van der Waals surface area contributed by atoms with Crippen LogP contribution < -0.4 is 14.9 Å². The van der Waals surface area contributed by atoms with Gasteiger partial charge < -0.3 is 10.6 Å². The molecule has 0 saturated carbocycles. The van der Waals surface area contributed by atoms with Crippen LogP contribution in [0.1, 0.15) is 24.2 Å². The lowest BCUT2D eigenvalue weighted by Crippen LogP contribution is -2.38. The second-order valence-electron chi connectivity index (χ2n) is 6.59. The predicted octanol–water partition coefficient (Wildman–Crippen LogP) is 3.02. The van der Waals surface area contributed by atoms with Crippen molar-refractivity contribution in [2.24, 2.45) is 0 Å². The van der Waals surface area contributed by atoms with Crippen LogP contribution in [0.5, 0.6) is 0 Å². The number of benzene rings is 2. The molecule has 7 nitrogen and oxygen atoms in total. The largest absolute Gasteiger partial charge is 0.350 e. The summed E-state index contributed by atoms with van der Waals surface area (Å²) in [6.45, 7) is 3.02. The Bertz CT molecular complexity index is 1030. The van der Waals surface area contributed by atoms with Gasteiger partial charge in [0.05, 0.1) is 28.2 Å². The number of halogens is 2. The molecule has 10 heteroatoms. The Morgan fingerprint density at radius 1 is 1.17 bits per heavy atom. The van der Waals surface area contributed by atoms with Gasteiger partial charge in [-0.3, -0.25) is 13.9 Å². The van der Waals surface area contributed by atoms with Crippen molar-refractivity contribution in [2.75, 3.05) is 22.4 Å². The number of carbonyl (C=O) groups is 2. The molecule has 0 bridgehead atoms. The third-order valence-corrected chi connectivity index (χ3v) is 5.17. The maximum Gasteiger partial charge on any atom is 0.253 e. The highest BCUT2D eigenvalue weighted by molar-refractivity contribution is 7.92. The number of nitrogens with one attached hydrogen (secondary N) is 2. The van der Waals surface area contributed by atoms with E-state index in [0.717, 1.165) is 22.7 Å². The minimum Gasteiger partial charge on any atom is -0.350 e. The molecular weight excluding hydrogens is 421 g/mol. The van der Waals surface area contributed by atoms with Crippen LogP contribution in [-0.2, 0) is 14.8 Å². The van der Waals surface area contributed by atoms with Gasteiger partial charge in [-0.15, -0.1) is 0 Å². The van der Waals surface area contributed by atoms with E-state index in [1.165, 1.54) is 12.1 Å². The molecule has 2 N–H and O–H groups in total. The van der Waals surface area contributed by atoms with Gasteiger partial charge in [0.15, 0.2) is 0 Å². The lowest BCUT2D eigenvalue weighted by molar-refractivity contribution is -0.114. The predicted molar refractivity (Wildman–Crippen MR) is 111 cm³/mol. The van der Waals surface area contributed by atoms with E-state index < -0.39 is 28.3 Å². The van der Waals surface area contributed by atoms with Crippen molar-refractivity contribution in [1.29, 1.82) is 0 Å². The number of carbonyl (C=O) groups excluding carboxylic acids is 2. The summed E-state index contributed by atoms with van der Waals surface area (Å²) in [6, 6.07) is 9.60. The summed E-state index contributed by atoms with van der Waals surface area (Å²) in [5, 5.41) is 5.01. The molecule has 29 heavy (non-hydrogen) atoms. The average molecular weight is 442 g/mol. The minimum absolute atomic E-state index is 0.0416. The number of hydrogen-bond donors (Lipinski definition) is 2. The van der Waals surface area contributed by atoms with Crippen LogP contribution in [0.3, 0.4) is 0 Å². The van der Waals surface area contributed by atoms with Gasteiger partial charge in [-0.2, -0.15) is 0 Å². The fourth-order valence-corrected chi connectivity index (χ4v) is 3.51. The number of sulfonamides is 1. The van der Waals surface area contributed by atoms with Crippen LogP contribution in [0.2, 0.25) is 5.02 Å². The maximum atomic E-state index is 13.4. The van der Waals surface area contributed by atoms with Crippen LogP contribution in [0.4, 0.5) is 15.8 Å². The molecule has 0 aliphatic carbocycles. The molecule has 0 aromatic heterocycles. The standard InChI is InChI=1S/C19H21ClFN3O4S/c1-12(2)22-19(26)14-6-4-5-7-17(14)23-18(25)11-24(29(3,27)28)13-8-9-16(21)15(20)10-13/h4-10,12H,11H2,1-3H3,(H,22,26)(H,23,25). The average Bonchev–Trinajstić information content (AvgIpc) is 2.61. The van der Waals surface area contributed by atoms with Crippen molar-refractivity contribution in [3.05, 3.63) is 58.9 Å². The summed E-state index contributed by atoms with van der Waals surface area (Å²) in [5.74, 6) is -1.76. The molecule has 2 aromatic rings. The zero-order valence-corrected chi connectivity index (χ0v) is 17.6. The first kappa shape index (κ1) is 22.6. The van der Waals surface area contributed by atoms with Crippen molar-refractivity contribution in [3.8, 4) is 0 Å². The van der Waals surface area contributed by atoms with Gasteiger partial charge >= 0.3 is 0 Å². The highest BCUT2D eigenvalue weighted by atomic mass is 35.5.